The molecule has 0 radical (unpaired) electrons. The van der Waals surface area contributed by atoms with Gasteiger partial charge in [-0.2, -0.15) is 0 Å². The van der Waals surface area contributed by atoms with E-state index >= 15 is 0 Å². The number of carbonyl (C=O) groups is 1. The Kier molecular flexibility index (Phi) is 7.42. The first-order chi connectivity index (χ1) is 16.2. The standard InChI is InChI=1S/C24H22N2O3S2.C2H6/c1-29-18-8-6-17(7-9-18)25-10-12-26(13-11-25)24(27)22-15-16-14-21(31-28)19-4-2-3-5-20(19)23(16)30-22;1-2/h2-9,14-15,28H,10-13H2,1H3;1-2H3. The highest BCUT2D eigenvalue weighted by Gasteiger charge is 2.24. The van der Waals surface area contributed by atoms with Gasteiger partial charge in [-0.05, 0) is 47.2 Å². The van der Waals surface area contributed by atoms with E-state index in [9.17, 15) is 9.35 Å². The van der Waals surface area contributed by atoms with Crippen molar-refractivity contribution < 1.29 is 14.1 Å². The van der Waals surface area contributed by atoms with E-state index in [0.717, 1.165) is 67.2 Å². The maximum Gasteiger partial charge on any atom is 0.264 e. The average Bonchev–Trinajstić information content (AvgIpc) is 3.33. The van der Waals surface area contributed by atoms with E-state index in [1.165, 1.54) is 11.3 Å². The Bertz CT molecular complexity index is 1250. The molecule has 7 heteroatoms. The summed E-state index contributed by atoms with van der Waals surface area (Å²) in [6.45, 7) is 6.99. The highest BCUT2D eigenvalue weighted by molar-refractivity contribution is 7.94. The van der Waals surface area contributed by atoms with Crippen molar-refractivity contribution in [3.05, 3.63) is 65.5 Å². The van der Waals surface area contributed by atoms with Crippen LogP contribution >= 0.6 is 23.4 Å². The molecular weight excluding hydrogens is 452 g/mol. The number of amides is 1. The van der Waals surface area contributed by atoms with Gasteiger partial charge in [-0.15, -0.1) is 11.3 Å². The SMILES string of the molecule is CC.COc1ccc(N2CCN(C(=O)c3cc4cc(SO)c5ccccc5c4s3)CC2)cc1. The number of hydrogen-bond acceptors (Lipinski definition) is 6. The monoisotopic (exact) mass is 480 g/mol. The molecule has 33 heavy (non-hydrogen) atoms. The first-order valence-electron chi connectivity index (χ1n) is 11.1. The molecule has 172 valence electrons. The van der Waals surface area contributed by atoms with Gasteiger partial charge in [-0.3, -0.25) is 4.79 Å². The van der Waals surface area contributed by atoms with E-state index in [4.69, 9.17) is 4.74 Å². The lowest BCUT2D eigenvalue weighted by Crippen LogP contribution is -2.48. The Hall–Kier alpha value is -2.74. The molecule has 0 bridgehead atoms. The third-order valence-electron chi connectivity index (χ3n) is 5.80. The predicted octanol–water partition coefficient (Wildman–Crippen LogP) is 6.62. The molecule has 1 fully saturated rings. The summed E-state index contributed by atoms with van der Waals surface area (Å²) in [7, 11) is 1.67. The minimum absolute atomic E-state index is 0.0814. The normalized spacial score (nSPS) is 13.7. The molecule has 1 aliphatic heterocycles. The highest BCUT2D eigenvalue weighted by atomic mass is 32.2. The van der Waals surface area contributed by atoms with E-state index in [1.807, 2.05) is 61.2 Å². The number of anilines is 1. The smallest absolute Gasteiger partial charge is 0.264 e. The Morgan fingerprint density at radius 2 is 1.64 bits per heavy atom. The van der Waals surface area contributed by atoms with Crippen molar-refractivity contribution in [1.82, 2.24) is 4.90 Å². The van der Waals surface area contributed by atoms with E-state index < -0.39 is 0 Å². The Morgan fingerprint density at radius 1 is 0.970 bits per heavy atom. The lowest BCUT2D eigenvalue weighted by Gasteiger charge is -2.36. The summed E-state index contributed by atoms with van der Waals surface area (Å²) in [5.41, 5.74) is 1.15. The molecular formula is C26H28N2O3S2. The molecule has 1 amide bonds. The molecule has 5 rings (SSSR count). The van der Waals surface area contributed by atoms with Crippen molar-refractivity contribution in [3.8, 4) is 5.75 Å². The van der Waals surface area contributed by atoms with Crippen molar-refractivity contribution in [2.75, 3.05) is 38.2 Å². The zero-order valence-electron chi connectivity index (χ0n) is 19.1. The molecule has 2 heterocycles. The fraction of sp³-hybridized carbons (Fsp3) is 0.269. The highest BCUT2D eigenvalue weighted by Crippen LogP contribution is 2.38. The number of thiophene rings is 1. The number of carbonyl (C=O) groups excluding carboxylic acids is 1. The molecule has 0 atom stereocenters. The molecule has 5 nitrogen and oxygen atoms in total. The van der Waals surface area contributed by atoms with Gasteiger partial charge in [0, 0.05) is 58.9 Å². The fourth-order valence-electron chi connectivity index (χ4n) is 4.14. The molecule has 0 aliphatic carbocycles. The number of hydrogen-bond donors (Lipinski definition) is 1. The number of rotatable bonds is 4. The molecule has 0 spiro atoms. The number of ether oxygens (including phenoxy) is 1. The van der Waals surface area contributed by atoms with Crippen LogP contribution in [0.5, 0.6) is 5.75 Å². The minimum Gasteiger partial charge on any atom is -0.497 e. The summed E-state index contributed by atoms with van der Waals surface area (Å²) >= 11 is 2.29. The zero-order chi connectivity index (χ0) is 23.4. The number of benzene rings is 3. The van der Waals surface area contributed by atoms with Crippen LogP contribution in [0.2, 0.25) is 0 Å². The lowest BCUT2D eigenvalue weighted by molar-refractivity contribution is 0.0751. The molecule has 1 N–H and O–H groups in total. The van der Waals surface area contributed by atoms with E-state index in [0.29, 0.717) is 13.1 Å². The summed E-state index contributed by atoms with van der Waals surface area (Å²) in [5.74, 6) is 0.926. The first kappa shape index (κ1) is 23.4. The summed E-state index contributed by atoms with van der Waals surface area (Å²) in [4.78, 5) is 19.0. The summed E-state index contributed by atoms with van der Waals surface area (Å²) in [5, 5.41) is 3.09. The quantitative estimate of drug-likeness (QED) is 0.333. The Morgan fingerprint density at radius 3 is 2.27 bits per heavy atom. The van der Waals surface area contributed by atoms with E-state index in [2.05, 4.69) is 23.1 Å². The van der Waals surface area contributed by atoms with Gasteiger partial charge in [-0.25, -0.2) is 0 Å². The van der Waals surface area contributed by atoms with Crippen LogP contribution < -0.4 is 9.64 Å². The fourth-order valence-corrected chi connectivity index (χ4v) is 5.74. The third-order valence-corrected chi connectivity index (χ3v) is 7.50. The van der Waals surface area contributed by atoms with Gasteiger partial charge in [0.05, 0.1) is 12.0 Å². The predicted molar refractivity (Wildman–Crippen MR) is 140 cm³/mol. The largest absolute Gasteiger partial charge is 0.497 e. The van der Waals surface area contributed by atoms with Crippen molar-refractivity contribution in [3.63, 3.8) is 0 Å². The van der Waals surface area contributed by atoms with Crippen LogP contribution in [0.15, 0.2) is 65.6 Å². The summed E-state index contributed by atoms with van der Waals surface area (Å²) in [6.07, 6.45) is 0. The van der Waals surface area contributed by atoms with Crippen molar-refractivity contribution >= 4 is 55.8 Å². The van der Waals surface area contributed by atoms with Crippen LogP contribution in [0.4, 0.5) is 5.69 Å². The van der Waals surface area contributed by atoms with Crippen LogP contribution in [0.25, 0.3) is 20.9 Å². The van der Waals surface area contributed by atoms with Crippen molar-refractivity contribution in [2.45, 2.75) is 18.7 Å². The van der Waals surface area contributed by atoms with Crippen LogP contribution in [0.1, 0.15) is 23.5 Å². The number of methoxy groups -OCH3 is 1. The lowest BCUT2D eigenvalue weighted by atomic mass is 10.1. The third kappa shape index (κ3) is 4.67. The molecule has 3 aromatic carbocycles. The second-order valence-corrected chi connectivity index (χ2v) is 9.19. The van der Waals surface area contributed by atoms with Gasteiger partial charge in [-0.1, -0.05) is 38.1 Å². The molecule has 0 unspecified atom stereocenters. The van der Waals surface area contributed by atoms with Gasteiger partial charge >= 0.3 is 0 Å². The van der Waals surface area contributed by atoms with Crippen LogP contribution in [0, 0.1) is 0 Å². The van der Waals surface area contributed by atoms with Crippen molar-refractivity contribution in [1.29, 1.82) is 0 Å². The number of piperazine rings is 1. The topological polar surface area (TPSA) is 53.0 Å². The van der Waals surface area contributed by atoms with Gasteiger partial charge < -0.3 is 19.1 Å². The maximum atomic E-state index is 13.2. The second kappa shape index (κ2) is 10.5. The maximum absolute atomic E-state index is 13.2. The molecule has 0 saturated carbocycles. The van der Waals surface area contributed by atoms with Gasteiger partial charge in [0.1, 0.15) is 5.75 Å². The van der Waals surface area contributed by atoms with Crippen LogP contribution in [0.3, 0.4) is 0 Å². The first-order valence-corrected chi connectivity index (χ1v) is 12.7. The molecule has 1 aromatic heterocycles. The van der Waals surface area contributed by atoms with E-state index in [1.54, 1.807) is 7.11 Å². The van der Waals surface area contributed by atoms with Crippen molar-refractivity contribution in [2.24, 2.45) is 0 Å². The second-order valence-electron chi connectivity index (χ2n) is 7.52. The summed E-state index contributed by atoms with van der Waals surface area (Å²) in [6, 6.07) is 20.0. The molecule has 1 saturated heterocycles. The van der Waals surface area contributed by atoms with Crippen LogP contribution in [-0.4, -0.2) is 48.6 Å². The molecule has 4 aromatic rings. The Labute approximate surface area is 202 Å². The van der Waals surface area contributed by atoms with E-state index in [-0.39, 0.29) is 5.91 Å². The summed E-state index contributed by atoms with van der Waals surface area (Å²) < 4.78 is 16.0. The minimum atomic E-state index is 0.0814. The average molecular weight is 481 g/mol. The number of fused-ring (bicyclic) bond motifs is 3. The van der Waals surface area contributed by atoms with Gasteiger partial charge in [0.25, 0.3) is 5.91 Å². The number of nitrogens with zero attached hydrogens (tertiary/aromatic N) is 2. The van der Waals surface area contributed by atoms with Gasteiger partial charge in [0.2, 0.25) is 0 Å². The Balaban J connectivity index is 0.00000126. The zero-order valence-corrected chi connectivity index (χ0v) is 20.7. The van der Waals surface area contributed by atoms with Gasteiger partial charge in [0.15, 0.2) is 0 Å². The molecule has 1 aliphatic rings. The van der Waals surface area contributed by atoms with Crippen LogP contribution in [-0.2, 0) is 0 Å².